The lowest BCUT2D eigenvalue weighted by Crippen LogP contribution is -2.05. The number of hydrogen-bond acceptors (Lipinski definition) is 2. The van der Waals surface area contributed by atoms with Crippen LogP contribution in [0, 0.1) is 0 Å². The molecule has 3 nitrogen and oxygen atoms in total. The maximum atomic E-state index is 10.9. The molecule has 0 bridgehead atoms. The summed E-state index contributed by atoms with van der Waals surface area (Å²) in [6.45, 7) is 1.93. The third-order valence-corrected chi connectivity index (χ3v) is 2.70. The Labute approximate surface area is 117 Å². The van der Waals surface area contributed by atoms with Crippen LogP contribution in [0.5, 0.6) is 5.75 Å². The summed E-state index contributed by atoms with van der Waals surface area (Å²) in [5.74, 6) is 0.654. The minimum absolute atomic E-state index is 0.0902. The molecule has 0 aliphatic rings. The van der Waals surface area contributed by atoms with Gasteiger partial charge in [0.15, 0.2) is 0 Å². The largest absolute Gasteiger partial charge is 0.489 e. The quantitative estimate of drug-likeness (QED) is 0.920. The maximum absolute atomic E-state index is 10.9. The van der Waals surface area contributed by atoms with Crippen molar-refractivity contribution in [2.75, 3.05) is 5.32 Å². The van der Waals surface area contributed by atoms with E-state index >= 15 is 0 Å². The van der Waals surface area contributed by atoms with Gasteiger partial charge >= 0.3 is 0 Å². The Bertz CT molecular complexity index is 567. The molecule has 0 spiro atoms. The molecule has 0 unspecified atom stereocenters. The van der Waals surface area contributed by atoms with E-state index in [0.29, 0.717) is 11.6 Å². The molecule has 0 aliphatic heterocycles. The molecule has 2 aromatic carbocycles. The van der Waals surface area contributed by atoms with Gasteiger partial charge in [-0.1, -0.05) is 23.7 Å². The number of carbonyl (C=O) groups excluding carboxylic acids is 1. The molecule has 4 heteroatoms. The number of benzene rings is 2. The van der Waals surface area contributed by atoms with Crippen molar-refractivity contribution in [1.82, 2.24) is 0 Å². The van der Waals surface area contributed by atoms with Crippen molar-refractivity contribution in [2.45, 2.75) is 13.5 Å². The first-order valence-corrected chi connectivity index (χ1v) is 6.26. The van der Waals surface area contributed by atoms with E-state index in [9.17, 15) is 4.79 Å². The van der Waals surface area contributed by atoms with Crippen LogP contribution in [0.25, 0.3) is 0 Å². The summed E-state index contributed by atoms with van der Waals surface area (Å²) in [5, 5.41) is 3.40. The van der Waals surface area contributed by atoms with Gasteiger partial charge in [0, 0.05) is 17.6 Å². The molecule has 98 valence electrons. The van der Waals surface area contributed by atoms with E-state index in [1.807, 2.05) is 36.4 Å². The van der Waals surface area contributed by atoms with Gasteiger partial charge in [-0.3, -0.25) is 4.79 Å². The van der Waals surface area contributed by atoms with Gasteiger partial charge in [0.05, 0.1) is 0 Å². The van der Waals surface area contributed by atoms with Gasteiger partial charge in [0.25, 0.3) is 0 Å². The number of rotatable bonds is 4. The van der Waals surface area contributed by atoms with Crippen LogP contribution in [0.4, 0.5) is 5.69 Å². The highest BCUT2D eigenvalue weighted by Gasteiger charge is 1.99. The Morgan fingerprint density at radius 3 is 2.58 bits per heavy atom. The molecule has 1 amide bonds. The molecule has 0 fully saturated rings. The van der Waals surface area contributed by atoms with Crippen LogP contribution < -0.4 is 10.1 Å². The summed E-state index contributed by atoms with van der Waals surface area (Å²) in [5.41, 5.74) is 1.76. The number of ether oxygens (including phenoxy) is 1. The van der Waals surface area contributed by atoms with E-state index in [-0.39, 0.29) is 5.91 Å². The molecule has 0 aliphatic carbocycles. The van der Waals surface area contributed by atoms with Crippen LogP contribution in [-0.4, -0.2) is 5.91 Å². The van der Waals surface area contributed by atoms with Crippen molar-refractivity contribution in [2.24, 2.45) is 0 Å². The van der Waals surface area contributed by atoms with E-state index < -0.39 is 0 Å². The lowest BCUT2D eigenvalue weighted by atomic mass is 10.2. The van der Waals surface area contributed by atoms with Crippen molar-refractivity contribution < 1.29 is 9.53 Å². The van der Waals surface area contributed by atoms with Crippen molar-refractivity contribution in [1.29, 1.82) is 0 Å². The third kappa shape index (κ3) is 4.30. The second-order valence-electron chi connectivity index (χ2n) is 4.12. The van der Waals surface area contributed by atoms with Crippen molar-refractivity contribution in [3.63, 3.8) is 0 Å². The van der Waals surface area contributed by atoms with Crippen LogP contribution in [0.15, 0.2) is 48.5 Å². The maximum Gasteiger partial charge on any atom is 0.221 e. The molecule has 2 aromatic rings. The minimum Gasteiger partial charge on any atom is -0.489 e. The molecule has 0 atom stereocenters. The Hall–Kier alpha value is -2.00. The van der Waals surface area contributed by atoms with E-state index in [2.05, 4.69) is 5.32 Å². The van der Waals surface area contributed by atoms with Crippen LogP contribution in [0.3, 0.4) is 0 Å². The first-order valence-electron chi connectivity index (χ1n) is 5.88. The number of carbonyl (C=O) groups is 1. The Morgan fingerprint density at radius 2 is 1.95 bits per heavy atom. The van der Waals surface area contributed by atoms with E-state index in [1.54, 1.807) is 12.1 Å². The second kappa shape index (κ2) is 6.25. The average Bonchev–Trinajstić information content (AvgIpc) is 2.37. The summed E-state index contributed by atoms with van der Waals surface area (Å²) in [6.07, 6.45) is 0. The molecule has 19 heavy (non-hydrogen) atoms. The monoisotopic (exact) mass is 275 g/mol. The Kier molecular flexibility index (Phi) is 4.42. The first kappa shape index (κ1) is 13.4. The molecule has 0 radical (unpaired) electrons. The van der Waals surface area contributed by atoms with Crippen LogP contribution in [-0.2, 0) is 11.4 Å². The average molecular weight is 276 g/mol. The lowest BCUT2D eigenvalue weighted by Gasteiger charge is -2.08. The fourth-order valence-electron chi connectivity index (χ4n) is 1.63. The highest BCUT2D eigenvalue weighted by Crippen LogP contribution is 2.18. The molecular formula is C15H14ClNO2. The lowest BCUT2D eigenvalue weighted by molar-refractivity contribution is -0.114. The minimum atomic E-state index is -0.0902. The predicted molar refractivity (Wildman–Crippen MR) is 76.5 cm³/mol. The van der Waals surface area contributed by atoms with Gasteiger partial charge in [0.1, 0.15) is 12.4 Å². The number of anilines is 1. The van der Waals surface area contributed by atoms with E-state index in [0.717, 1.165) is 17.0 Å². The Balaban J connectivity index is 1.94. The van der Waals surface area contributed by atoms with Crippen LogP contribution in [0.2, 0.25) is 5.02 Å². The molecule has 2 rings (SSSR count). The summed E-state index contributed by atoms with van der Waals surface area (Å²) < 4.78 is 5.64. The van der Waals surface area contributed by atoms with Crippen LogP contribution >= 0.6 is 11.6 Å². The van der Waals surface area contributed by atoms with Crippen molar-refractivity contribution in [3.8, 4) is 5.75 Å². The SMILES string of the molecule is CC(=O)Nc1ccc(OCc2cccc(Cl)c2)cc1. The molecule has 0 aromatic heterocycles. The Morgan fingerprint density at radius 1 is 1.21 bits per heavy atom. The van der Waals surface area contributed by atoms with E-state index in [4.69, 9.17) is 16.3 Å². The van der Waals surface area contributed by atoms with Gasteiger partial charge in [-0.2, -0.15) is 0 Å². The zero-order chi connectivity index (χ0) is 13.7. The number of nitrogens with one attached hydrogen (secondary N) is 1. The molecule has 0 saturated carbocycles. The van der Waals surface area contributed by atoms with Gasteiger partial charge in [-0.25, -0.2) is 0 Å². The van der Waals surface area contributed by atoms with Crippen molar-refractivity contribution in [3.05, 3.63) is 59.1 Å². The predicted octanol–water partition coefficient (Wildman–Crippen LogP) is 3.88. The van der Waals surface area contributed by atoms with Crippen molar-refractivity contribution >= 4 is 23.2 Å². The second-order valence-corrected chi connectivity index (χ2v) is 4.56. The number of halogens is 1. The van der Waals surface area contributed by atoms with Gasteiger partial charge in [0.2, 0.25) is 5.91 Å². The summed E-state index contributed by atoms with van der Waals surface area (Å²) in [7, 11) is 0. The summed E-state index contributed by atoms with van der Waals surface area (Å²) in [6, 6.07) is 14.8. The third-order valence-electron chi connectivity index (χ3n) is 2.47. The highest BCUT2D eigenvalue weighted by atomic mass is 35.5. The molecule has 0 saturated heterocycles. The summed E-state index contributed by atoms with van der Waals surface area (Å²) >= 11 is 5.90. The zero-order valence-electron chi connectivity index (χ0n) is 10.5. The normalized spacial score (nSPS) is 10.0. The summed E-state index contributed by atoms with van der Waals surface area (Å²) in [4.78, 5) is 10.9. The topological polar surface area (TPSA) is 38.3 Å². The highest BCUT2D eigenvalue weighted by molar-refractivity contribution is 6.30. The number of amides is 1. The molecule has 0 heterocycles. The number of hydrogen-bond donors (Lipinski definition) is 1. The zero-order valence-corrected chi connectivity index (χ0v) is 11.3. The molecular weight excluding hydrogens is 262 g/mol. The smallest absolute Gasteiger partial charge is 0.221 e. The van der Waals surface area contributed by atoms with Gasteiger partial charge < -0.3 is 10.1 Å². The molecule has 1 N–H and O–H groups in total. The van der Waals surface area contributed by atoms with Gasteiger partial charge in [-0.05, 0) is 42.0 Å². The van der Waals surface area contributed by atoms with Gasteiger partial charge in [-0.15, -0.1) is 0 Å². The fourth-order valence-corrected chi connectivity index (χ4v) is 1.84. The standard InChI is InChI=1S/C15H14ClNO2/c1-11(18)17-14-5-7-15(8-6-14)19-10-12-3-2-4-13(16)9-12/h2-9H,10H2,1H3,(H,17,18). The fraction of sp³-hybridized carbons (Fsp3) is 0.133. The van der Waals surface area contributed by atoms with E-state index in [1.165, 1.54) is 6.92 Å². The van der Waals surface area contributed by atoms with Crippen LogP contribution in [0.1, 0.15) is 12.5 Å². The first-order chi connectivity index (χ1) is 9.13.